The second kappa shape index (κ2) is 4.76. The van der Waals surface area contributed by atoms with Crippen molar-refractivity contribution in [3.05, 3.63) is 42.2 Å². The number of rotatable bonds is 2. The van der Waals surface area contributed by atoms with Crippen LogP contribution in [0.4, 0.5) is 5.69 Å². The van der Waals surface area contributed by atoms with E-state index in [-0.39, 0.29) is 46.8 Å². The Morgan fingerprint density at radius 3 is 2.39 bits per heavy atom. The van der Waals surface area contributed by atoms with Gasteiger partial charge in [-0.2, -0.15) is 0 Å². The molecule has 0 unspecified atom stereocenters. The van der Waals surface area contributed by atoms with Gasteiger partial charge >= 0.3 is 0 Å². The largest absolute Gasteiger partial charge is 0.501 e. The van der Waals surface area contributed by atoms with E-state index in [0.29, 0.717) is 17.9 Å². The van der Waals surface area contributed by atoms with Gasteiger partial charge in [0.05, 0.1) is 30.4 Å². The van der Waals surface area contributed by atoms with E-state index in [1.807, 2.05) is 30.3 Å². The highest BCUT2D eigenvalue weighted by Crippen LogP contribution is 2.89. The number of methoxy groups -OCH3 is 1. The smallest absolute Gasteiger partial charge is 0.238 e. The molecule has 8 atom stereocenters. The van der Waals surface area contributed by atoms with Crippen molar-refractivity contribution >= 4 is 23.3 Å². The minimum atomic E-state index is -0.430. The number of ether oxygens (including phenoxy) is 1. The summed E-state index contributed by atoms with van der Waals surface area (Å²) < 4.78 is 5.70. The van der Waals surface area contributed by atoms with E-state index >= 15 is 0 Å². The molecule has 4 fully saturated rings. The highest BCUT2D eigenvalue weighted by molar-refractivity contribution is 6.23. The van der Waals surface area contributed by atoms with Gasteiger partial charge in [0.25, 0.3) is 0 Å². The SMILES string of the molecule is COC1=C[C@@H]2[C@@H]3C(=O)N(c4ccccc4)C(=O)[C@@H]3[C@H]1[C@@H]1[C@@]23[C@@H](C)CC(=O)[C@@]13C. The summed E-state index contributed by atoms with van der Waals surface area (Å²) in [6.45, 7) is 4.22. The van der Waals surface area contributed by atoms with Crippen LogP contribution >= 0.6 is 0 Å². The maximum Gasteiger partial charge on any atom is 0.238 e. The first-order chi connectivity index (χ1) is 13.4. The molecule has 1 spiro atoms. The fourth-order valence-corrected chi connectivity index (χ4v) is 8.02. The molecule has 7 rings (SSSR count). The monoisotopic (exact) mass is 377 g/mol. The van der Waals surface area contributed by atoms with Crippen LogP contribution in [0.3, 0.4) is 0 Å². The van der Waals surface area contributed by atoms with Gasteiger partial charge in [-0.25, -0.2) is 0 Å². The summed E-state index contributed by atoms with van der Waals surface area (Å²) in [6, 6.07) is 9.18. The summed E-state index contributed by atoms with van der Waals surface area (Å²) in [5, 5.41) is 0. The third-order valence-electron chi connectivity index (χ3n) is 8.84. The lowest BCUT2D eigenvalue weighted by Crippen LogP contribution is -2.49. The number of hydrogen-bond donors (Lipinski definition) is 0. The number of amides is 2. The van der Waals surface area contributed by atoms with Crippen LogP contribution in [0.1, 0.15) is 20.3 Å². The molecule has 0 radical (unpaired) electrons. The van der Waals surface area contributed by atoms with Crippen molar-refractivity contribution in [3.63, 3.8) is 0 Å². The number of para-hydroxylation sites is 1. The van der Waals surface area contributed by atoms with Crippen molar-refractivity contribution in [1.82, 2.24) is 0 Å². The summed E-state index contributed by atoms with van der Waals surface area (Å²) in [4.78, 5) is 41.3. The minimum Gasteiger partial charge on any atom is -0.501 e. The summed E-state index contributed by atoms with van der Waals surface area (Å²) in [7, 11) is 1.64. The Labute approximate surface area is 163 Å². The van der Waals surface area contributed by atoms with E-state index in [9.17, 15) is 14.4 Å². The van der Waals surface area contributed by atoms with Crippen molar-refractivity contribution in [2.45, 2.75) is 20.3 Å². The molecular formula is C23H23NO4. The molecule has 2 bridgehead atoms. The van der Waals surface area contributed by atoms with Gasteiger partial charge in [0.15, 0.2) is 0 Å². The van der Waals surface area contributed by atoms with Crippen molar-refractivity contribution in [2.24, 2.45) is 46.3 Å². The lowest BCUT2D eigenvalue weighted by atomic mass is 9.55. The Bertz CT molecular complexity index is 984. The van der Waals surface area contributed by atoms with E-state index in [1.54, 1.807) is 7.11 Å². The Kier molecular flexibility index (Phi) is 2.81. The number of anilines is 1. The van der Waals surface area contributed by atoms with Crippen LogP contribution in [0.2, 0.25) is 0 Å². The molecule has 0 aromatic heterocycles. The fraction of sp³-hybridized carbons (Fsp3) is 0.522. The third-order valence-corrected chi connectivity index (χ3v) is 8.84. The van der Waals surface area contributed by atoms with E-state index in [1.165, 1.54) is 4.90 Å². The first-order valence-corrected chi connectivity index (χ1v) is 10.1. The summed E-state index contributed by atoms with van der Waals surface area (Å²) in [6.07, 6.45) is 2.66. The second-order valence-corrected chi connectivity index (χ2v) is 9.37. The summed E-state index contributed by atoms with van der Waals surface area (Å²) in [5.74, 6) is 0.0825. The first-order valence-electron chi connectivity index (χ1n) is 10.1. The molecular weight excluding hydrogens is 354 g/mol. The fourth-order valence-electron chi connectivity index (χ4n) is 8.02. The molecule has 5 nitrogen and oxygen atoms in total. The average molecular weight is 377 g/mol. The number of carbonyl (C=O) groups excluding carboxylic acids is 3. The number of hydrogen-bond acceptors (Lipinski definition) is 4. The predicted molar refractivity (Wildman–Crippen MR) is 101 cm³/mol. The van der Waals surface area contributed by atoms with E-state index in [0.717, 1.165) is 5.76 Å². The molecule has 3 saturated carbocycles. The zero-order valence-electron chi connectivity index (χ0n) is 16.2. The van der Waals surface area contributed by atoms with Gasteiger partial charge in [-0.1, -0.05) is 32.0 Å². The van der Waals surface area contributed by atoms with Crippen LogP contribution in [-0.4, -0.2) is 24.7 Å². The van der Waals surface area contributed by atoms with Crippen LogP contribution in [0.15, 0.2) is 42.2 Å². The maximum atomic E-state index is 13.5. The topological polar surface area (TPSA) is 63.7 Å². The molecule has 2 amide bonds. The lowest BCUT2D eigenvalue weighted by Gasteiger charge is -2.47. The zero-order chi connectivity index (χ0) is 19.6. The van der Waals surface area contributed by atoms with E-state index in [4.69, 9.17) is 4.74 Å². The van der Waals surface area contributed by atoms with Gasteiger partial charge in [-0.15, -0.1) is 0 Å². The van der Waals surface area contributed by atoms with E-state index in [2.05, 4.69) is 19.9 Å². The summed E-state index contributed by atoms with van der Waals surface area (Å²) in [5.41, 5.74) is 0.0106. The molecule has 6 aliphatic rings. The van der Waals surface area contributed by atoms with Crippen molar-refractivity contribution < 1.29 is 19.1 Å². The molecule has 1 aliphatic heterocycles. The van der Waals surface area contributed by atoms with Gasteiger partial charge in [0.2, 0.25) is 11.8 Å². The number of imide groups is 1. The Hall–Kier alpha value is -2.43. The number of carbonyl (C=O) groups is 3. The zero-order valence-corrected chi connectivity index (χ0v) is 16.2. The predicted octanol–water partition coefficient (Wildman–Crippen LogP) is 2.81. The van der Waals surface area contributed by atoms with Crippen molar-refractivity contribution in [2.75, 3.05) is 12.0 Å². The molecule has 144 valence electrons. The van der Waals surface area contributed by atoms with Gasteiger partial charge in [0.1, 0.15) is 5.78 Å². The Morgan fingerprint density at radius 1 is 1.04 bits per heavy atom. The molecule has 5 heteroatoms. The number of allylic oxidation sites excluding steroid dienone is 2. The Morgan fingerprint density at radius 2 is 1.71 bits per heavy atom. The van der Waals surface area contributed by atoms with Crippen molar-refractivity contribution in [1.29, 1.82) is 0 Å². The van der Waals surface area contributed by atoms with Gasteiger partial charge in [-0.05, 0) is 41.4 Å². The first kappa shape index (κ1) is 16.5. The van der Waals surface area contributed by atoms with Crippen molar-refractivity contribution in [3.8, 4) is 0 Å². The molecule has 1 aromatic carbocycles. The number of nitrogens with zero attached hydrogens (tertiary/aromatic N) is 1. The maximum absolute atomic E-state index is 13.5. The van der Waals surface area contributed by atoms with Crippen LogP contribution in [0.5, 0.6) is 0 Å². The number of Topliss-reactive ketones (excluding diaryl/α,β-unsaturated/α-hetero) is 1. The van der Waals surface area contributed by atoms with Gasteiger partial charge in [0, 0.05) is 17.8 Å². The van der Waals surface area contributed by atoms with Crippen LogP contribution < -0.4 is 4.90 Å². The molecule has 1 heterocycles. The highest BCUT2D eigenvalue weighted by atomic mass is 16.5. The quantitative estimate of drug-likeness (QED) is 0.744. The Balaban J connectivity index is 1.52. The number of ketones is 1. The molecule has 0 N–H and O–H groups in total. The molecule has 1 saturated heterocycles. The summed E-state index contributed by atoms with van der Waals surface area (Å²) >= 11 is 0. The van der Waals surface area contributed by atoms with Gasteiger partial charge in [-0.3, -0.25) is 19.3 Å². The molecule has 1 aromatic rings. The normalized spacial score (nSPS) is 47.6. The van der Waals surface area contributed by atoms with E-state index < -0.39 is 11.3 Å². The van der Waals surface area contributed by atoms with Crippen LogP contribution in [0.25, 0.3) is 0 Å². The van der Waals surface area contributed by atoms with Gasteiger partial charge < -0.3 is 4.74 Å². The third kappa shape index (κ3) is 1.40. The average Bonchev–Trinajstić information content (AvgIpc) is 3.13. The molecule has 28 heavy (non-hydrogen) atoms. The molecule has 5 aliphatic carbocycles. The number of benzene rings is 1. The standard InChI is InChI=1S/C23H23NO4/c1-11-9-15(25)22(2)19-17-14(28-3)10-13(23(11,19)22)16-18(17)21(27)24(20(16)26)12-7-5-4-6-8-12/h4-8,10-11,13,16-19H,9H2,1-3H3/t11-,13+,16-,17-,18-,19-,22-,23+/m0/s1. The minimum absolute atomic E-state index is 0.106. The van der Waals surface area contributed by atoms with Crippen LogP contribution in [-0.2, 0) is 19.1 Å². The highest BCUT2D eigenvalue weighted by Gasteiger charge is 2.91. The lowest BCUT2D eigenvalue weighted by molar-refractivity contribution is -0.129. The second-order valence-electron chi connectivity index (χ2n) is 9.37. The van der Waals surface area contributed by atoms with Crippen LogP contribution in [0, 0.1) is 46.3 Å².